The lowest BCUT2D eigenvalue weighted by atomic mass is 9.95. The number of amides is 1. The predicted octanol–water partition coefficient (Wildman–Crippen LogP) is 6.24. The topological polar surface area (TPSA) is 64.6 Å². The maximum absolute atomic E-state index is 12.5. The number of aryl methyl sites for hydroxylation is 2. The van der Waals surface area contributed by atoms with Crippen LogP contribution in [0.2, 0.25) is 5.02 Å². The molecule has 1 heterocycles. The van der Waals surface area contributed by atoms with Crippen LogP contribution in [0.1, 0.15) is 57.6 Å². The van der Waals surface area contributed by atoms with E-state index in [0.717, 1.165) is 46.8 Å². The standard InChI is InChI=1S/C22H25BrClNO4S/c1-12-11-15(19(23)13(2)20(12)24)29-10-6-9-17(26)25-21-18(22(27)28-3)14-7-4-5-8-16(14)30-21/h11H,4-10H2,1-3H3,(H,25,26). The predicted molar refractivity (Wildman–Crippen MR) is 124 cm³/mol. The zero-order chi connectivity index (χ0) is 21.8. The maximum atomic E-state index is 12.5. The molecule has 0 radical (unpaired) electrons. The molecular formula is C22H25BrClNO4S. The van der Waals surface area contributed by atoms with Crippen LogP contribution < -0.4 is 10.1 Å². The number of esters is 1. The van der Waals surface area contributed by atoms with Gasteiger partial charge < -0.3 is 14.8 Å². The molecule has 8 heteroatoms. The fraction of sp³-hybridized carbons (Fsp3) is 0.455. The van der Waals surface area contributed by atoms with Crippen LogP contribution in [0.4, 0.5) is 5.00 Å². The van der Waals surface area contributed by atoms with Gasteiger partial charge in [-0.1, -0.05) is 11.6 Å². The van der Waals surface area contributed by atoms with Gasteiger partial charge in [-0.25, -0.2) is 4.79 Å². The number of benzene rings is 1. The molecule has 0 bridgehead atoms. The Kier molecular flexibility index (Phi) is 7.82. The highest BCUT2D eigenvalue weighted by Gasteiger charge is 2.26. The second-order valence-electron chi connectivity index (χ2n) is 7.35. The summed E-state index contributed by atoms with van der Waals surface area (Å²) in [7, 11) is 1.37. The van der Waals surface area contributed by atoms with Crippen LogP contribution >= 0.6 is 38.9 Å². The SMILES string of the molecule is COC(=O)c1c(NC(=O)CCCOc2cc(C)c(Cl)c(C)c2Br)sc2c1CCCC2. The summed E-state index contributed by atoms with van der Waals surface area (Å²) in [4.78, 5) is 25.9. The van der Waals surface area contributed by atoms with Crippen LogP contribution in [0.5, 0.6) is 5.75 Å². The van der Waals surface area contributed by atoms with Gasteiger partial charge in [-0.2, -0.15) is 0 Å². The third kappa shape index (κ3) is 5.01. The monoisotopic (exact) mass is 513 g/mol. The Hall–Kier alpha value is -1.57. The van der Waals surface area contributed by atoms with E-state index in [-0.39, 0.29) is 11.9 Å². The molecule has 0 saturated carbocycles. The molecule has 1 aromatic heterocycles. The molecule has 0 fully saturated rings. The highest BCUT2D eigenvalue weighted by Crippen LogP contribution is 2.39. The first-order valence-corrected chi connectivity index (χ1v) is 11.9. The number of methoxy groups -OCH3 is 1. The number of ether oxygens (including phenoxy) is 2. The highest BCUT2D eigenvalue weighted by atomic mass is 79.9. The largest absolute Gasteiger partial charge is 0.492 e. The molecule has 5 nitrogen and oxygen atoms in total. The molecule has 1 N–H and O–H groups in total. The summed E-state index contributed by atoms with van der Waals surface area (Å²) in [6.07, 6.45) is 4.82. The number of rotatable bonds is 7. The molecule has 30 heavy (non-hydrogen) atoms. The number of carbonyl (C=O) groups excluding carboxylic acids is 2. The van der Waals surface area contributed by atoms with Crippen LogP contribution in [0, 0.1) is 13.8 Å². The van der Waals surface area contributed by atoms with Gasteiger partial charge in [-0.05, 0) is 84.6 Å². The van der Waals surface area contributed by atoms with E-state index in [0.29, 0.717) is 40.8 Å². The summed E-state index contributed by atoms with van der Waals surface area (Å²) in [5.41, 5.74) is 3.44. The Morgan fingerprint density at radius 2 is 2.00 bits per heavy atom. The zero-order valence-corrected chi connectivity index (χ0v) is 20.5. The van der Waals surface area contributed by atoms with Crippen LogP contribution in [0.3, 0.4) is 0 Å². The number of thiophene rings is 1. The number of fused-ring (bicyclic) bond motifs is 1. The lowest BCUT2D eigenvalue weighted by molar-refractivity contribution is -0.116. The van der Waals surface area contributed by atoms with E-state index in [4.69, 9.17) is 21.1 Å². The normalized spacial score (nSPS) is 13.0. The summed E-state index contributed by atoms with van der Waals surface area (Å²) >= 11 is 11.3. The molecule has 2 aromatic rings. The van der Waals surface area contributed by atoms with Crippen molar-refractivity contribution in [2.45, 2.75) is 52.4 Å². The summed E-state index contributed by atoms with van der Waals surface area (Å²) in [6.45, 7) is 4.26. The van der Waals surface area contributed by atoms with Crippen molar-refractivity contribution < 1.29 is 19.1 Å². The average Bonchev–Trinajstić information content (AvgIpc) is 3.10. The summed E-state index contributed by atoms with van der Waals surface area (Å²) < 4.78 is 11.6. The van der Waals surface area contributed by atoms with Crippen molar-refractivity contribution in [1.29, 1.82) is 0 Å². The van der Waals surface area contributed by atoms with E-state index in [1.165, 1.54) is 23.3 Å². The smallest absolute Gasteiger partial charge is 0.341 e. The fourth-order valence-corrected chi connectivity index (χ4v) is 5.57. The average molecular weight is 515 g/mol. The van der Waals surface area contributed by atoms with E-state index in [2.05, 4.69) is 21.2 Å². The van der Waals surface area contributed by atoms with Gasteiger partial charge in [0.1, 0.15) is 10.8 Å². The summed E-state index contributed by atoms with van der Waals surface area (Å²) in [5, 5.41) is 4.23. The van der Waals surface area contributed by atoms with Crippen LogP contribution in [0.25, 0.3) is 0 Å². The van der Waals surface area contributed by atoms with Gasteiger partial charge in [0.05, 0.1) is 23.8 Å². The Labute approximate surface area is 194 Å². The van der Waals surface area contributed by atoms with Gasteiger partial charge in [-0.3, -0.25) is 4.79 Å². The van der Waals surface area contributed by atoms with Crippen molar-refractivity contribution in [3.63, 3.8) is 0 Å². The van der Waals surface area contributed by atoms with E-state index in [1.807, 2.05) is 19.9 Å². The van der Waals surface area contributed by atoms with E-state index in [9.17, 15) is 9.59 Å². The minimum Gasteiger partial charge on any atom is -0.492 e. The van der Waals surface area contributed by atoms with Gasteiger partial charge in [0.15, 0.2) is 0 Å². The maximum Gasteiger partial charge on any atom is 0.341 e. The molecule has 0 aliphatic heterocycles. The third-order valence-electron chi connectivity index (χ3n) is 5.19. The molecule has 0 unspecified atom stereocenters. The van der Waals surface area contributed by atoms with Crippen molar-refractivity contribution in [2.75, 3.05) is 19.0 Å². The first-order valence-electron chi connectivity index (χ1n) is 9.94. The van der Waals surface area contributed by atoms with Crippen molar-refractivity contribution in [3.05, 3.63) is 42.7 Å². The van der Waals surface area contributed by atoms with Gasteiger partial charge in [0.2, 0.25) is 5.91 Å². The Balaban J connectivity index is 1.58. The molecule has 1 aliphatic rings. The van der Waals surface area contributed by atoms with Crippen LogP contribution in [-0.4, -0.2) is 25.6 Å². The highest BCUT2D eigenvalue weighted by molar-refractivity contribution is 9.10. The number of halogens is 2. The second-order valence-corrected chi connectivity index (χ2v) is 9.63. The molecule has 1 amide bonds. The van der Waals surface area contributed by atoms with Gasteiger partial charge in [0, 0.05) is 16.3 Å². The molecule has 0 spiro atoms. The van der Waals surface area contributed by atoms with Crippen LogP contribution in [0.15, 0.2) is 10.5 Å². The van der Waals surface area contributed by atoms with Gasteiger partial charge >= 0.3 is 5.97 Å². The van der Waals surface area contributed by atoms with Crippen molar-refractivity contribution in [3.8, 4) is 5.75 Å². The number of carbonyl (C=O) groups is 2. The quantitative estimate of drug-likeness (QED) is 0.351. The minimum absolute atomic E-state index is 0.134. The second kappa shape index (κ2) is 10.2. The third-order valence-corrected chi connectivity index (χ3v) is 7.96. The van der Waals surface area contributed by atoms with Gasteiger partial charge in [0.25, 0.3) is 0 Å². The number of nitrogens with one attached hydrogen (secondary N) is 1. The Morgan fingerprint density at radius 1 is 1.27 bits per heavy atom. The molecule has 0 atom stereocenters. The molecule has 0 saturated heterocycles. The first-order chi connectivity index (χ1) is 14.3. The number of hydrogen-bond donors (Lipinski definition) is 1. The Morgan fingerprint density at radius 3 is 2.73 bits per heavy atom. The minimum atomic E-state index is -0.383. The van der Waals surface area contributed by atoms with E-state index in [1.54, 1.807) is 0 Å². The van der Waals surface area contributed by atoms with E-state index >= 15 is 0 Å². The number of hydrogen-bond acceptors (Lipinski definition) is 5. The summed E-state index contributed by atoms with van der Waals surface area (Å²) in [6, 6.07) is 1.89. The Bertz CT molecular complexity index is 973. The van der Waals surface area contributed by atoms with Crippen LogP contribution in [-0.2, 0) is 22.4 Å². The van der Waals surface area contributed by atoms with Crippen molar-refractivity contribution >= 4 is 55.7 Å². The summed E-state index contributed by atoms with van der Waals surface area (Å²) in [5.74, 6) is 0.199. The molecule has 3 rings (SSSR count). The molecule has 1 aromatic carbocycles. The fourth-order valence-electron chi connectivity index (χ4n) is 3.58. The zero-order valence-electron chi connectivity index (χ0n) is 17.3. The molecule has 162 valence electrons. The van der Waals surface area contributed by atoms with E-state index < -0.39 is 0 Å². The lowest BCUT2D eigenvalue weighted by Gasteiger charge is -2.13. The molecule has 1 aliphatic carbocycles. The van der Waals surface area contributed by atoms with Gasteiger partial charge in [-0.15, -0.1) is 11.3 Å². The van der Waals surface area contributed by atoms with Crippen molar-refractivity contribution in [2.24, 2.45) is 0 Å². The number of anilines is 1. The first kappa shape index (κ1) is 23.1. The van der Waals surface area contributed by atoms with Crippen molar-refractivity contribution in [1.82, 2.24) is 0 Å². The lowest BCUT2D eigenvalue weighted by Crippen LogP contribution is -2.15. The molecular weight excluding hydrogens is 490 g/mol.